The van der Waals surface area contributed by atoms with Gasteiger partial charge in [0, 0.05) is 9.27 Å². The van der Waals surface area contributed by atoms with Crippen molar-refractivity contribution in [3.63, 3.8) is 0 Å². The van der Waals surface area contributed by atoms with E-state index in [9.17, 15) is 0 Å². The lowest BCUT2D eigenvalue weighted by molar-refractivity contribution is -0.0517. The van der Waals surface area contributed by atoms with Crippen LogP contribution in [0.4, 0.5) is 0 Å². The van der Waals surface area contributed by atoms with Gasteiger partial charge in [0.15, 0.2) is 0 Å². The van der Waals surface area contributed by atoms with Crippen LogP contribution in [0.25, 0.3) is 0 Å². The molecule has 0 heteroatoms. The highest BCUT2D eigenvalue weighted by Gasteiger charge is 2.59. The van der Waals surface area contributed by atoms with E-state index in [0.29, 0.717) is 10.8 Å². The smallest absolute Gasteiger partial charge is 0.00833 e. The SMILES string of the molecule is CC.CC.CC(C)CCCC(C)[C@H]1CCC2[C@@H]3CC=C4C[C@@H](C5=C[CH]5)CC[C@]4(C)C3CCC21C.CCCC(C)C.[HH].[HH]. The van der Waals surface area contributed by atoms with Crippen molar-refractivity contribution in [3.05, 3.63) is 29.7 Å². The Kier molecular flexibility index (Phi) is 14.6. The van der Waals surface area contributed by atoms with Crippen molar-refractivity contribution in [2.75, 3.05) is 0 Å². The molecular weight excluding hydrogens is 480 g/mol. The van der Waals surface area contributed by atoms with Crippen LogP contribution in [0, 0.1) is 64.6 Å². The molecule has 3 fully saturated rings. The zero-order valence-electron chi connectivity index (χ0n) is 29.5. The van der Waals surface area contributed by atoms with Gasteiger partial charge in [0.2, 0.25) is 0 Å². The van der Waals surface area contributed by atoms with Crippen LogP contribution in [0.2, 0.25) is 0 Å². The van der Waals surface area contributed by atoms with Gasteiger partial charge in [-0.1, -0.05) is 138 Å². The molecule has 5 aliphatic rings. The molecule has 0 aromatic rings. The molecule has 0 amide bonds. The first-order chi connectivity index (χ1) is 19.1. The van der Waals surface area contributed by atoms with Gasteiger partial charge in [-0.3, -0.25) is 0 Å². The predicted octanol–water partition coefficient (Wildman–Crippen LogP) is 13.8. The van der Waals surface area contributed by atoms with Crippen LogP contribution in [0.15, 0.2) is 23.3 Å². The van der Waals surface area contributed by atoms with Crippen LogP contribution in [0.5, 0.6) is 0 Å². The maximum absolute atomic E-state index is 2.77. The second-order valence-electron chi connectivity index (χ2n) is 15.2. The molecule has 3 saturated carbocycles. The minimum absolute atomic E-state index is 0. The Morgan fingerprint density at radius 2 is 1.48 bits per heavy atom. The minimum atomic E-state index is 0. The summed E-state index contributed by atoms with van der Waals surface area (Å²) >= 11 is 0. The van der Waals surface area contributed by atoms with E-state index in [0.717, 1.165) is 47.3 Å². The fraction of sp³-hybridized carbons (Fsp3) is 0.875. The van der Waals surface area contributed by atoms with Crippen molar-refractivity contribution in [2.45, 2.75) is 167 Å². The number of allylic oxidation sites excluding steroid dienone is 4. The normalized spacial score (nSPS) is 36.2. The van der Waals surface area contributed by atoms with Gasteiger partial charge in [-0.15, -0.1) is 0 Å². The first-order valence-corrected chi connectivity index (χ1v) is 18.3. The second kappa shape index (κ2) is 16.4. The molecule has 1 radical (unpaired) electrons. The highest BCUT2D eigenvalue weighted by atomic mass is 14.6. The number of hydrogen-bond donors (Lipinski definition) is 0. The first-order valence-electron chi connectivity index (χ1n) is 18.3. The minimum Gasteiger partial charge on any atom is -0.0845 e. The molecule has 8 atom stereocenters. The summed E-state index contributed by atoms with van der Waals surface area (Å²) in [6, 6.07) is 0. The predicted molar refractivity (Wildman–Crippen MR) is 186 cm³/mol. The molecule has 0 aromatic heterocycles. The summed E-state index contributed by atoms with van der Waals surface area (Å²) in [5, 5.41) is 0. The molecule has 237 valence electrons. The summed E-state index contributed by atoms with van der Waals surface area (Å²) in [6.45, 7) is 27.5. The van der Waals surface area contributed by atoms with Gasteiger partial charge in [0.05, 0.1) is 0 Å². The summed E-state index contributed by atoms with van der Waals surface area (Å²) in [4.78, 5) is 0. The molecule has 0 N–H and O–H groups in total. The lowest BCUT2D eigenvalue weighted by atomic mass is 9.46. The zero-order chi connectivity index (χ0) is 30.1. The van der Waals surface area contributed by atoms with Crippen LogP contribution in [-0.4, -0.2) is 0 Å². The average molecular weight is 558 g/mol. The highest BCUT2D eigenvalue weighted by Crippen LogP contribution is 2.68. The molecular formula is C40H77. The summed E-state index contributed by atoms with van der Waals surface area (Å²) in [5.41, 5.74) is 4.69. The molecule has 0 bridgehead atoms. The van der Waals surface area contributed by atoms with Crippen molar-refractivity contribution in [1.29, 1.82) is 0 Å². The van der Waals surface area contributed by atoms with E-state index in [1.165, 1.54) is 83.5 Å². The molecule has 0 heterocycles. The van der Waals surface area contributed by atoms with E-state index in [-0.39, 0.29) is 2.85 Å². The molecule has 0 spiro atoms. The van der Waals surface area contributed by atoms with Crippen molar-refractivity contribution in [2.24, 2.45) is 58.2 Å². The second-order valence-corrected chi connectivity index (χ2v) is 15.2. The van der Waals surface area contributed by atoms with Gasteiger partial charge in [-0.05, 0) is 110 Å². The Morgan fingerprint density at radius 3 is 2.02 bits per heavy atom. The molecule has 5 rings (SSSR count). The number of rotatable bonds is 8. The van der Waals surface area contributed by atoms with E-state index in [2.05, 4.69) is 74.0 Å². The van der Waals surface area contributed by atoms with E-state index in [4.69, 9.17) is 0 Å². The highest BCUT2D eigenvalue weighted by molar-refractivity contribution is 5.43. The molecule has 0 saturated heterocycles. The molecule has 0 aliphatic heterocycles. The summed E-state index contributed by atoms with van der Waals surface area (Å²) in [6.07, 6.45) is 26.3. The van der Waals surface area contributed by atoms with Crippen LogP contribution < -0.4 is 0 Å². The third kappa shape index (κ3) is 8.31. The van der Waals surface area contributed by atoms with E-state index < -0.39 is 0 Å². The van der Waals surface area contributed by atoms with Crippen LogP contribution in [0.3, 0.4) is 0 Å². The van der Waals surface area contributed by atoms with Gasteiger partial charge in [0.1, 0.15) is 0 Å². The van der Waals surface area contributed by atoms with Crippen LogP contribution in [0.1, 0.15) is 169 Å². The number of hydrogen-bond acceptors (Lipinski definition) is 0. The van der Waals surface area contributed by atoms with Gasteiger partial charge >= 0.3 is 0 Å². The summed E-state index contributed by atoms with van der Waals surface area (Å²) < 4.78 is 0. The lowest BCUT2D eigenvalue weighted by Gasteiger charge is -2.58. The Labute approximate surface area is 257 Å². The monoisotopic (exact) mass is 558 g/mol. The lowest BCUT2D eigenvalue weighted by Crippen LogP contribution is -2.50. The largest absolute Gasteiger partial charge is 0.0845 e. The van der Waals surface area contributed by atoms with Crippen LogP contribution >= 0.6 is 0 Å². The molecule has 0 aromatic carbocycles. The third-order valence-electron chi connectivity index (χ3n) is 12.0. The Morgan fingerprint density at radius 1 is 0.825 bits per heavy atom. The fourth-order valence-corrected chi connectivity index (χ4v) is 9.87. The molecule has 0 nitrogen and oxygen atoms in total. The fourth-order valence-electron chi connectivity index (χ4n) is 9.87. The average Bonchev–Trinajstić information content (AvgIpc) is 3.71. The van der Waals surface area contributed by atoms with Crippen molar-refractivity contribution >= 4 is 0 Å². The van der Waals surface area contributed by atoms with Crippen molar-refractivity contribution in [3.8, 4) is 0 Å². The molecule has 40 heavy (non-hydrogen) atoms. The molecule has 5 aliphatic carbocycles. The maximum Gasteiger partial charge on any atom is 0.00833 e. The summed E-state index contributed by atoms with van der Waals surface area (Å²) in [7, 11) is 0. The Balaban J connectivity index is 0.00000124. The quantitative estimate of drug-likeness (QED) is 0.260. The van der Waals surface area contributed by atoms with Gasteiger partial charge in [-0.25, -0.2) is 0 Å². The van der Waals surface area contributed by atoms with Gasteiger partial charge in [0.25, 0.3) is 0 Å². The zero-order valence-corrected chi connectivity index (χ0v) is 29.5. The Hall–Kier alpha value is -0.520. The van der Waals surface area contributed by atoms with Crippen molar-refractivity contribution < 1.29 is 2.85 Å². The van der Waals surface area contributed by atoms with Crippen molar-refractivity contribution in [1.82, 2.24) is 0 Å². The first kappa shape index (κ1) is 35.7. The number of fused-ring (bicyclic) bond motifs is 5. The van der Waals surface area contributed by atoms with E-state index in [1.54, 1.807) is 5.57 Å². The Bertz CT molecular complexity index is 793. The molecule has 4 unspecified atom stereocenters. The van der Waals surface area contributed by atoms with E-state index in [1.807, 2.05) is 33.3 Å². The standard InChI is InChI=1S/C30H47.C6H14.2C2H6.2H2/c1-20(2)7-6-8-21(3)26-13-14-27-25-12-11-24-19-23(22-9-10-22)15-17-29(24,4)28(25)16-18-30(26,27)5;1-4-5-6(2)3;2*1-2;;/h9-11,20-21,23,25-28H,6-8,12-19H2,1-5H3;6H,4-5H2,1-3H3;2*1-2H3;2*1H/t21?,23-,25-,26+,27?,28?,29-,30?;;;;;/m0...../s1. The van der Waals surface area contributed by atoms with Gasteiger partial charge < -0.3 is 0 Å². The topological polar surface area (TPSA) is 0 Å². The van der Waals surface area contributed by atoms with Gasteiger partial charge in [-0.2, -0.15) is 0 Å². The van der Waals surface area contributed by atoms with E-state index >= 15 is 0 Å². The maximum atomic E-state index is 2.77. The summed E-state index contributed by atoms with van der Waals surface area (Å²) in [5.74, 6) is 7.50. The van der Waals surface area contributed by atoms with Crippen LogP contribution in [-0.2, 0) is 0 Å². The third-order valence-corrected chi connectivity index (χ3v) is 12.0.